The summed E-state index contributed by atoms with van der Waals surface area (Å²) in [7, 11) is 0. The second-order valence-electron chi connectivity index (χ2n) is 6.24. The number of carbonyl (C=O) groups excluding carboxylic acids is 2. The molecule has 1 aromatic heterocycles. The normalized spacial score (nSPS) is 15.4. The van der Waals surface area contributed by atoms with Crippen molar-refractivity contribution in [1.29, 1.82) is 0 Å². The quantitative estimate of drug-likeness (QED) is 0.799. The molecular weight excluding hydrogens is 340 g/mol. The molecule has 0 spiro atoms. The molecule has 2 aromatic rings. The monoisotopic (exact) mass is 360 g/mol. The van der Waals surface area contributed by atoms with E-state index in [0.29, 0.717) is 41.6 Å². The third kappa shape index (κ3) is 3.63. The minimum absolute atomic E-state index is 0.0441. The number of hydrogen-bond acceptors (Lipinski definition) is 4. The fourth-order valence-electron chi connectivity index (χ4n) is 3.18. The lowest BCUT2D eigenvalue weighted by Gasteiger charge is -2.30. The molecule has 1 aliphatic heterocycles. The summed E-state index contributed by atoms with van der Waals surface area (Å²) in [6.07, 6.45) is 1.38. The predicted octanol–water partition coefficient (Wildman–Crippen LogP) is 1.17. The summed E-state index contributed by atoms with van der Waals surface area (Å²) in [5.74, 6) is -0.500. The lowest BCUT2D eigenvalue weighted by atomic mass is 9.96. The minimum atomic E-state index is -0.305. The number of rotatable bonds is 4. The van der Waals surface area contributed by atoms with Gasteiger partial charge in [-0.2, -0.15) is 0 Å². The number of aromatic amines is 1. The van der Waals surface area contributed by atoms with E-state index in [1.54, 1.807) is 23.1 Å². The minimum Gasteiger partial charge on any atom is -0.369 e. The highest BCUT2D eigenvalue weighted by Crippen LogP contribution is 2.17. The van der Waals surface area contributed by atoms with E-state index < -0.39 is 0 Å². The number of hydrogen-bond donors (Lipinski definition) is 2. The largest absolute Gasteiger partial charge is 0.369 e. The van der Waals surface area contributed by atoms with E-state index in [2.05, 4.69) is 4.98 Å². The number of carbonyl (C=O) groups is 2. The molecule has 7 nitrogen and oxygen atoms in total. The molecule has 3 N–H and O–H groups in total. The zero-order valence-electron chi connectivity index (χ0n) is 13.7. The second kappa shape index (κ2) is 7.18. The Kier molecular flexibility index (Phi) is 4.98. The molecule has 3 rings (SSSR count). The average molecular weight is 360 g/mol. The second-order valence-corrected chi connectivity index (χ2v) is 6.63. The number of H-pyrrole nitrogens is 1. The molecular formula is C17H20N4O3S. The number of para-hydroxylation sites is 1. The Morgan fingerprint density at radius 1 is 1.24 bits per heavy atom. The first-order valence-corrected chi connectivity index (χ1v) is 8.67. The van der Waals surface area contributed by atoms with E-state index in [1.165, 1.54) is 4.57 Å². The van der Waals surface area contributed by atoms with Gasteiger partial charge in [0.15, 0.2) is 4.77 Å². The smallest absolute Gasteiger partial charge is 0.262 e. The number of aromatic nitrogens is 2. The van der Waals surface area contributed by atoms with Gasteiger partial charge in [-0.25, -0.2) is 0 Å². The third-order valence-corrected chi connectivity index (χ3v) is 5.01. The topological polar surface area (TPSA) is 101 Å². The van der Waals surface area contributed by atoms with Crippen molar-refractivity contribution in [3.8, 4) is 0 Å². The van der Waals surface area contributed by atoms with Crippen LogP contribution in [0, 0.1) is 10.7 Å². The summed E-state index contributed by atoms with van der Waals surface area (Å²) < 4.78 is 1.73. The summed E-state index contributed by atoms with van der Waals surface area (Å²) in [5, 5.41) is 0.547. The van der Waals surface area contributed by atoms with Crippen molar-refractivity contribution in [3.05, 3.63) is 39.4 Å². The zero-order valence-corrected chi connectivity index (χ0v) is 14.6. The van der Waals surface area contributed by atoms with Crippen molar-refractivity contribution in [2.24, 2.45) is 11.7 Å². The van der Waals surface area contributed by atoms with Gasteiger partial charge >= 0.3 is 0 Å². The first kappa shape index (κ1) is 17.3. The Bertz CT molecular complexity index is 925. The first-order chi connectivity index (χ1) is 12.0. The number of nitrogens with one attached hydrogen (secondary N) is 1. The summed E-state index contributed by atoms with van der Waals surface area (Å²) in [6, 6.07) is 7.15. The van der Waals surface area contributed by atoms with Crippen LogP contribution < -0.4 is 11.3 Å². The molecule has 0 bridgehead atoms. The van der Waals surface area contributed by atoms with Crippen LogP contribution in [-0.4, -0.2) is 39.4 Å². The van der Waals surface area contributed by atoms with Crippen LogP contribution in [0.15, 0.2) is 29.1 Å². The van der Waals surface area contributed by atoms with Crippen molar-refractivity contribution < 1.29 is 9.59 Å². The first-order valence-electron chi connectivity index (χ1n) is 8.26. The molecule has 0 atom stereocenters. The van der Waals surface area contributed by atoms with E-state index in [9.17, 15) is 14.4 Å². The molecule has 25 heavy (non-hydrogen) atoms. The van der Waals surface area contributed by atoms with E-state index in [0.717, 1.165) is 0 Å². The summed E-state index contributed by atoms with van der Waals surface area (Å²) in [4.78, 5) is 40.9. The fourth-order valence-corrected chi connectivity index (χ4v) is 3.47. The Balaban J connectivity index is 1.69. The number of nitrogens with two attached hydrogens (primary N) is 1. The van der Waals surface area contributed by atoms with Crippen LogP contribution in [0.4, 0.5) is 0 Å². The summed E-state index contributed by atoms with van der Waals surface area (Å²) in [6.45, 7) is 1.27. The Morgan fingerprint density at radius 2 is 1.92 bits per heavy atom. The molecule has 1 fully saturated rings. The number of primary amides is 1. The standard InChI is InChI=1S/C17H20N4O3S/c18-15(23)11-5-8-20(9-6-11)14(22)7-10-21-16(24)12-3-1-2-4-13(12)19-17(21)25/h1-4,11H,5-10H2,(H2,18,23)(H,19,25). The highest BCUT2D eigenvalue weighted by molar-refractivity contribution is 7.71. The lowest BCUT2D eigenvalue weighted by Crippen LogP contribution is -2.42. The number of likely N-dealkylation sites (tertiary alicyclic amines) is 1. The number of piperidine rings is 1. The Labute approximate surface area is 149 Å². The summed E-state index contributed by atoms with van der Waals surface area (Å²) >= 11 is 5.25. The molecule has 0 radical (unpaired) electrons. The van der Waals surface area contributed by atoms with Crippen LogP contribution in [0.3, 0.4) is 0 Å². The van der Waals surface area contributed by atoms with Crippen molar-refractivity contribution in [2.75, 3.05) is 13.1 Å². The molecule has 8 heteroatoms. The van der Waals surface area contributed by atoms with Gasteiger partial charge < -0.3 is 15.6 Å². The molecule has 1 aliphatic rings. The van der Waals surface area contributed by atoms with Gasteiger partial charge in [-0.15, -0.1) is 0 Å². The predicted molar refractivity (Wildman–Crippen MR) is 96.5 cm³/mol. The van der Waals surface area contributed by atoms with Gasteiger partial charge in [-0.3, -0.25) is 19.0 Å². The zero-order chi connectivity index (χ0) is 18.0. The number of benzene rings is 1. The van der Waals surface area contributed by atoms with Crippen molar-refractivity contribution in [1.82, 2.24) is 14.5 Å². The SMILES string of the molecule is NC(=O)C1CCN(C(=O)CCn2c(=S)[nH]c3ccccc3c2=O)CC1. The molecule has 2 amide bonds. The van der Waals surface area contributed by atoms with Crippen LogP contribution in [0.5, 0.6) is 0 Å². The van der Waals surface area contributed by atoms with Crippen molar-refractivity contribution in [3.63, 3.8) is 0 Å². The highest BCUT2D eigenvalue weighted by Gasteiger charge is 2.25. The molecule has 132 valence electrons. The van der Waals surface area contributed by atoms with E-state index in [4.69, 9.17) is 18.0 Å². The van der Waals surface area contributed by atoms with Crippen LogP contribution in [0.2, 0.25) is 0 Å². The number of fused-ring (bicyclic) bond motifs is 1. The maximum atomic E-state index is 12.6. The van der Waals surface area contributed by atoms with Gasteiger partial charge in [-0.1, -0.05) is 12.1 Å². The fraction of sp³-hybridized carbons (Fsp3) is 0.412. The van der Waals surface area contributed by atoms with E-state index >= 15 is 0 Å². The number of nitrogens with zero attached hydrogens (tertiary/aromatic N) is 2. The van der Waals surface area contributed by atoms with Crippen LogP contribution in [-0.2, 0) is 16.1 Å². The van der Waals surface area contributed by atoms with Gasteiger partial charge in [0, 0.05) is 32.0 Å². The van der Waals surface area contributed by atoms with Crippen LogP contribution in [0.1, 0.15) is 19.3 Å². The molecule has 1 saturated heterocycles. The Hall–Kier alpha value is -2.48. The van der Waals surface area contributed by atoms with Gasteiger partial charge in [0.05, 0.1) is 10.9 Å². The molecule has 0 saturated carbocycles. The third-order valence-electron chi connectivity index (χ3n) is 4.69. The van der Waals surface area contributed by atoms with Crippen LogP contribution in [0.25, 0.3) is 10.9 Å². The van der Waals surface area contributed by atoms with Gasteiger partial charge in [0.1, 0.15) is 0 Å². The number of amides is 2. The maximum absolute atomic E-state index is 12.6. The van der Waals surface area contributed by atoms with Gasteiger partial charge in [-0.05, 0) is 37.2 Å². The van der Waals surface area contributed by atoms with Gasteiger partial charge in [0.25, 0.3) is 5.56 Å². The average Bonchev–Trinajstić information content (AvgIpc) is 2.61. The van der Waals surface area contributed by atoms with Crippen LogP contribution >= 0.6 is 12.2 Å². The van der Waals surface area contributed by atoms with Crippen molar-refractivity contribution in [2.45, 2.75) is 25.8 Å². The molecule has 2 heterocycles. The van der Waals surface area contributed by atoms with Crippen molar-refractivity contribution >= 4 is 34.9 Å². The highest BCUT2D eigenvalue weighted by atomic mass is 32.1. The summed E-state index contributed by atoms with van der Waals surface area (Å²) in [5.41, 5.74) is 5.80. The Morgan fingerprint density at radius 3 is 2.60 bits per heavy atom. The van der Waals surface area contributed by atoms with Gasteiger partial charge in [0.2, 0.25) is 11.8 Å². The molecule has 1 aromatic carbocycles. The maximum Gasteiger partial charge on any atom is 0.262 e. The molecule has 0 aliphatic carbocycles. The van der Waals surface area contributed by atoms with E-state index in [-0.39, 0.29) is 36.3 Å². The molecule has 0 unspecified atom stereocenters. The lowest BCUT2D eigenvalue weighted by molar-refractivity contribution is -0.135. The van der Waals surface area contributed by atoms with E-state index in [1.807, 2.05) is 6.07 Å².